The van der Waals surface area contributed by atoms with Crippen LogP contribution in [-0.4, -0.2) is 18.8 Å². The molecule has 0 heterocycles. The number of hydrogen-bond acceptors (Lipinski definition) is 3. The SMILES string of the molecule is COc1ccc(Br)c(NCC(O)c2cc(Cl)ccc2Cl)c1. The van der Waals surface area contributed by atoms with Crippen molar-refractivity contribution in [3.05, 3.63) is 56.5 Å². The molecule has 0 bridgehead atoms. The zero-order valence-electron chi connectivity index (χ0n) is 11.2. The molecule has 3 nitrogen and oxygen atoms in total. The first kappa shape index (κ1) is 16.4. The molecule has 0 radical (unpaired) electrons. The van der Waals surface area contributed by atoms with Crippen LogP contribution in [0.1, 0.15) is 11.7 Å². The van der Waals surface area contributed by atoms with E-state index in [2.05, 4.69) is 21.2 Å². The zero-order chi connectivity index (χ0) is 15.4. The molecule has 21 heavy (non-hydrogen) atoms. The van der Waals surface area contributed by atoms with E-state index >= 15 is 0 Å². The van der Waals surface area contributed by atoms with Crippen molar-refractivity contribution in [2.75, 3.05) is 19.0 Å². The number of methoxy groups -OCH3 is 1. The molecule has 1 unspecified atom stereocenters. The molecule has 112 valence electrons. The van der Waals surface area contributed by atoms with Gasteiger partial charge in [-0.15, -0.1) is 0 Å². The second-order valence-corrected chi connectivity index (χ2v) is 6.11. The van der Waals surface area contributed by atoms with Crippen LogP contribution in [0.15, 0.2) is 40.9 Å². The number of halogens is 3. The summed E-state index contributed by atoms with van der Waals surface area (Å²) in [5, 5.41) is 14.4. The summed E-state index contributed by atoms with van der Waals surface area (Å²) in [6, 6.07) is 10.6. The van der Waals surface area contributed by atoms with Crippen LogP contribution in [0.4, 0.5) is 5.69 Å². The average molecular weight is 391 g/mol. The van der Waals surface area contributed by atoms with Crippen molar-refractivity contribution < 1.29 is 9.84 Å². The third-order valence-electron chi connectivity index (χ3n) is 2.98. The average Bonchev–Trinajstić information content (AvgIpc) is 2.48. The summed E-state index contributed by atoms with van der Waals surface area (Å²) in [5.41, 5.74) is 1.42. The molecule has 0 aliphatic heterocycles. The zero-order valence-corrected chi connectivity index (χ0v) is 14.3. The monoisotopic (exact) mass is 389 g/mol. The second kappa shape index (κ2) is 7.36. The van der Waals surface area contributed by atoms with Crippen molar-refractivity contribution in [1.29, 1.82) is 0 Å². The molecule has 0 aromatic heterocycles. The molecule has 1 atom stereocenters. The summed E-state index contributed by atoms with van der Waals surface area (Å²) in [6.45, 7) is 0.297. The van der Waals surface area contributed by atoms with Gasteiger partial charge < -0.3 is 15.2 Å². The number of rotatable bonds is 5. The lowest BCUT2D eigenvalue weighted by Gasteiger charge is -2.16. The number of anilines is 1. The number of hydrogen-bond donors (Lipinski definition) is 2. The summed E-state index contributed by atoms with van der Waals surface area (Å²) < 4.78 is 6.06. The van der Waals surface area contributed by atoms with Crippen LogP contribution in [0.2, 0.25) is 10.0 Å². The highest BCUT2D eigenvalue weighted by atomic mass is 79.9. The third kappa shape index (κ3) is 4.27. The number of benzene rings is 2. The van der Waals surface area contributed by atoms with Crippen molar-refractivity contribution in [2.24, 2.45) is 0 Å². The molecule has 6 heteroatoms. The topological polar surface area (TPSA) is 41.5 Å². The molecule has 0 saturated heterocycles. The van der Waals surface area contributed by atoms with Crippen LogP contribution in [0.3, 0.4) is 0 Å². The first-order valence-electron chi connectivity index (χ1n) is 6.21. The fraction of sp³-hybridized carbons (Fsp3) is 0.200. The normalized spacial score (nSPS) is 12.0. The smallest absolute Gasteiger partial charge is 0.121 e. The van der Waals surface area contributed by atoms with E-state index in [1.165, 1.54) is 0 Å². The lowest BCUT2D eigenvalue weighted by molar-refractivity contribution is 0.191. The van der Waals surface area contributed by atoms with Gasteiger partial charge in [-0.3, -0.25) is 0 Å². The van der Waals surface area contributed by atoms with Crippen LogP contribution in [-0.2, 0) is 0 Å². The van der Waals surface area contributed by atoms with E-state index < -0.39 is 6.10 Å². The Balaban J connectivity index is 2.10. The molecule has 0 fully saturated rings. The predicted octanol–water partition coefficient (Wildman–Crippen LogP) is 4.91. The fourth-order valence-electron chi connectivity index (χ4n) is 1.85. The molecule has 0 saturated carbocycles. The van der Waals surface area contributed by atoms with Crippen LogP contribution < -0.4 is 10.1 Å². The second-order valence-electron chi connectivity index (χ2n) is 4.41. The molecule has 0 spiro atoms. The van der Waals surface area contributed by atoms with Gasteiger partial charge in [-0.25, -0.2) is 0 Å². The lowest BCUT2D eigenvalue weighted by Crippen LogP contribution is -2.13. The summed E-state index contributed by atoms with van der Waals surface area (Å²) in [5.74, 6) is 0.732. The summed E-state index contributed by atoms with van der Waals surface area (Å²) in [4.78, 5) is 0. The quantitative estimate of drug-likeness (QED) is 0.761. The maximum absolute atomic E-state index is 10.3. The lowest BCUT2D eigenvalue weighted by atomic mass is 10.1. The van der Waals surface area contributed by atoms with Gasteiger partial charge in [0.2, 0.25) is 0 Å². The van der Waals surface area contributed by atoms with Crippen LogP contribution in [0.25, 0.3) is 0 Å². The number of aliphatic hydroxyl groups is 1. The van der Waals surface area contributed by atoms with Crippen molar-refractivity contribution in [3.8, 4) is 5.75 Å². The van der Waals surface area contributed by atoms with Crippen LogP contribution in [0.5, 0.6) is 5.75 Å². The van der Waals surface area contributed by atoms with Gasteiger partial charge in [0.1, 0.15) is 5.75 Å². The van der Waals surface area contributed by atoms with Crippen molar-refractivity contribution in [3.63, 3.8) is 0 Å². The van der Waals surface area contributed by atoms with E-state index in [9.17, 15) is 5.11 Å². The molecule has 0 aliphatic rings. The summed E-state index contributed by atoms with van der Waals surface area (Å²) in [6.07, 6.45) is -0.769. The van der Waals surface area contributed by atoms with E-state index in [0.717, 1.165) is 15.9 Å². The Labute approximate surface area is 142 Å². The Morgan fingerprint density at radius 3 is 2.71 bits per heavy atom. The minimum Gasteiger partial charge on any atom is -0.497 e. The number of aliphatic hydroxyl groups excluding tert-OH is 1. The molecule has 0 aliphatic carbocycles. The third-order valence-corrected chi connectivity index (χ3v) is 4.25. The van der Waals surface area contributed by atoms with Gasteiger partial charge in [0.05, 0.1) is 18.9 Å². The van der Waals surface area contributed by atoms with Crippen LogP contribution in [0, 0.1) is 0 Å². The molecule has 0 amide bonds. The van der Waals surface area contributed by atoms with Gasteiger partial charge in [0.15, 0.2) is 0 Å². The minimum absolute atomic E-state index is 0.297. The van der Waals surface area contributed by atoms with Gasteiger partial charge in [-0.05, 0) is 46.3 Å². The van der Waals surface area contributed by atoms with Gasteiger partial charge >= 0.3 is 0 Å². The number of nitrogens with one attached hydrogen (secondary N) is 1. The van der Waals surface area contributed by atoms with E-state index in [0.29, 0.717) is 22.2 Å². The Morgan fingerprint density at radius 1 is 1.24 bits per heavy atom. The Morgan fingerprint density at radius 2 is 2.00 bits per heavy atom. The summed E-state index contributed by atoms with van der Waals surface area (Å²) in [7, 11) is 1.60. The molecule has 2 N–H and O–H groups in total. The highest BCUT2D eigenvalue weighted by molar-refractivity contribution is 9.10. The molecular weight excluding hydrogens is 377 g/mol. The van der Waals surface area contributed by atoms with E-state index in [-0.39, 0.29) is 0 Å². The Hall–Kier alpha value is -0.940. The molecule has 2 aromatic carbocycles. The first-order valence-corrected chi connectivity index (χ1v) is 7.76. The molecule has 2 aromatic rings. The molecular formula is C15H14BrCl2NO2. The van der Waals surface area contributed by atoms with E-state index in [1.54, 1.807) is 25.3 Å². The van der Waals surface area contributed by atoms with Gasteiger partial charge in [0.25, 0.3) is 0 Å². The standard InChI is InChI=1S/C15H14BrCl2NO2/c1-21-10-3-4-12(16)14(7-10)19-8-15(20)11-6-9(17)2-5-13(11)18/h2-7,15,19-20H,8H2,1H3. The van der Waals surface area contributed by atoms with Gasteiger partial charge in [-0.1, -0.05) is 23.2 Å². The molecule has 2 rings (SSSR count). The van der Waals surface area contributed by atoms with E-state index in [4.69, 9.17) is 27.9 Å². The predicted molar refractivity (Wildman–Crippen MR) is 90.6 cm³/mol. The largest absolute Gasteiger partial charge is 0.497 e. The number of ether oxygens (including phenoxy) is 1. The van der Waals surface area contributed by atoms with Crippen molar-refractivity contribution in [1.82, 2.24) is 0 Å². The van der Waals surface area contributed by atoms with Crippen LogP contribution >= 0.6 is 39.1 Å². The summed E-state index contributed by atoms with van der Waals surface area (Å²) >= 11 is 15.4. The maximum atomic E-state index is 10.3. The Bertz CT molecular complexity index is 637. The Kier molecular flexibility index (Phi) is 5.76. The fourth-order valence-corrected chi connectivity index (χ4v) is 2.66. The highest BCUT2D eigenvalue weighted by Crippen LogP contribution is 2.30. The van der Waals surface area contributed by atoms with Crippen molar-refractivity contribution >= 4 is 44.8 Å². The highest BCUT2D eigenvalue weighted by Gasteiger charge is 2.13. The minimum atomic E-state index is -0.769. The van der Waals surface area contributed by atoms with Gasteiger partial charge in [0, 0.05) is 32.7 Å². The maximum Gasteiger partial charge on any atom is 0.121 e. The van der Waals surface area contributed by atoms with Crippen molar-refractivity contribution in [2.45, 2.75) is 6.10 Å². The van der Waals surface area contributed by atoms with Gasteiger partial charge in [-0.2, -0.15) is 0 Å². The van der Waals surface area contributed by atoms with E-state index in [1.807, 2.05) is 18.2 Å². The first-order chi connectivity index (χ1) is 10.0.